The van der Waals surface area contributed by atoms with Gasteiger partial charge in [-0.25, -0.2) is 0 Å². The molecule has 1 unspecified atom stereocenters. The summed E-state index contributed by atoms with van der Waals surface area (Å²) < 4.78 is 13.1. The van der Waals surface area contributed by atoms with Gasteiger partial charge in [-0.3, -0.25) is 0 Å². The number of aromatic nitrogens is 1. The van der Waals surface area contributed by atoms with Crippen LogP contribution in [0.4, 0.5) is 0 Å². The van der Waals surface area contributed by atoms with Gasteiger partial charge >= 0.3 is 0 Å². The Morgan fingerprint density at radius 1 is 0.950 bits per heavy atom. The molecule has 0 N–H and O–H groups in total. The minimum Gasteiger partial charge on any atom is -0.339 e. The molecule has 2 nitrogen and oxygen atoms in total. The zero-order valence-corrected chi connectivity index (χ0v) is 13.8. The molecule has 5 heteroatoms. The first-order valence-electron chi connectivity index (χ1n) is 6.61. The summed E-state index contributed by atoms with van der Waals surface area (Å²) in [6.07, 6.45) is 1.80. The zero-order chi connectivity index (χ0) is 13.8. The van der Waals surface area contributed by atoms with Gasteiger partial charge in [0.05, 0.1) is 29.6 Å². The summed E-state index contributed by atoms with van der Waals surface area (Å²) in [7, 11) is -0.636. The second kappa shape index (κ2) is 6.57. The van der Waals surface area contributed by atoms with Crippen LogP contribution < -0.4 is 0 Å². The maximum absolute atomic E-state index is 10.8. The lowest BCUT2D eigenvalue weighted by Gasteiger charge is -2.11. The summed E-state index contributed by atoms with van der Waals surface area (Å²) in [5.41, 5.74) is 2.54. The Balaban J connectivity index is 2.00. The maximum atomic E-state index is 10.8. The SMILES string of the molecule is O=[PH2]CCCn1c(-c2cccs2)ccc1-c1cccs1. The molecule has 0 saturated carbocycles. The van der Waals surface area contributed by atoms with Crippen LogP contribution in [0, 0.1) is 0 Å². The minimum atomic E-state index is -0.636. The van der Waals surface area contributed by atoms with Crippen LogP contribution in [0.5, 0.6) is 0 Å². The fraction of sp³-hybridized carbons (Fsp3) is 0.200. The largest absolute Gasteiger partial charge is 0.339 e. The van der Waals surface area contributed by atoms with Gasteiger partial charge in [-0.2, -0.15) is 0 Å². The van der Waals surface area contributed by atoms with E-state index in [2.05, 4.69) is 51.7 Å². The molecule has 3 heterocycles. The lowest BCUT2D eigenvalue weighted by Crippen LogP contribution is -2.01. The van der Waals surface area contributed by atoms with E-state index < -0.39 is 8.46 Å². The molecule has 0 aromatic carbocycles. The Morgan fingerprint density at radius 3 is 2.00 bits per heavy atom. The van der Waals surface area contributed by atoms with Gasteiger partial charge in [-0.1, -0.05) is 12.1 Å². The fourth-order valence-electron chi connectivity index (χ4n) is 2.32. The highest BCUT2D eigenvalue weighted by Crippen LogP contribution is 2.33. The van der Waals surface area contributed by atoms with Crippen molar-refractivity contribution < 1.29 is 4.57 Å². The number of hydrogen-bond acceptors (Lipinski definition) is 3. The Labute approximate surface area is 127 Å². The van der Waals surface area contributed by atoms with Crippen LogP contribution in [0.15, 0.2) is 47.2 Å². The number of rotatable bonds is 6. The molecule has 0 amide bonds. The quantitative estimate of drug-likeness (QED) is 0.458. The molecule has 20 heavy (non-hydrogen) atoms. The van der Waals surface area contributed by atoms with Gasteiger partial charge < -0.3 is 9.13 Å². The summed E-state index contributed by atoms with van der Waals surface area (Å²) >= 11 is 3.53. The van der Waals surface area contributed by atoms with E-state index in [0.717, 1.165) is 19.1 Å². The molecule has 0 aliphatic carbocycles. The van der Waals surface area contributed by atoms with Crippen LogP contribution in [-0.2, 0) is 11.1 Å². The highest BCUT2D eigenvalue weighted by atomic mass is 32.1. The van der Waals surface area contributed by atoms with Gasteiger partial charge in [0.2, 0.25) is 0 Å². The summed E-state index contributed by atoms with van der Waals surface area (Å²) in [5, 5.41) is 4.22. The van der Waals surface area contributed by atoms with E-state index in [1.807, 2.05) is 0 Å². The summed E-state index contributed by atoms with van der Waals surface area (Å²) in [5.74, 6) is 0. The van der Waals surface area contributed by atoms with Crippen LogP contribution >= 0.6 is 31.1 Å². The van der Waals surface area contributed by atoms with Crippen molar-refractivity contribution in [1.82, 2.24) is 4.57 Å². The molecule has 0 aliphatic rings. The van der Waals surface area contributed by atoms with Gasteiger partial charge in [0.15, 0.2) is 0 Å². The van der Waals surface area contributed by atoms with Crippen molar-refractivity contribution in [3.63, 3.8) is 0 Å². The van der Waals surface area contributed by atoms with Gasteiger partial charge in [0, 0.05) is 6.54 Å². The Morgan fingerprint density at radius 2 is 1.55 bits per heavy atom. The molecule has 3 rings (SSSR count). The first kappa shape index (κ1) is 13.9. The second-order valence-electron chi connectivity index (χ2n) is 4.52. The van der Waals surface area contributed by atoms with E-state index in [1.165, 1.54) is 21.1 Å². The molecule has 3 aromatic heterocycles. The number of hydrogen-bond donors (Lipinski definition) is 0. The van der Waals surface area contributed by atoms with Gasteiger partial charge in [0.25, 0.3) is 0 Å². The van der Waals surface area contributed by atoms with E-state index in [1.54, 1.807) is 22.7 Å². The Bertz CT molecular complexity index is 619. The monoisotopic (exact) mass is 321 g/mol. The van der Waals surface area contributed by atoms with Crippen molar-refractivity contribution in [3.05, 3.63) is 47.2 Å². The molecular weight excluding hydrogens is 305 g/mol. The lowest BCUT2D eigenvalue weighted by molar-refractivity contribution is 0.594. The topological polar surface area (TPSA) is 22.0 Å². The summed E-state index contributed by atoms with van der Waals surface area (Å²) in [4.78, 5) is 2.59. The molecule has 0 radical (unpaired) electrons. The molecule has 0 fully saturated rings. The van der Waals surface area contributed by atoms with Crippen LogP contribution in [0.3, 0.4) is 0 Å². The first-order valence-corrected chi connectivity index (χ1v) is 9.66. The molecular formula is C15H16NOPS2. The Kier molecular flexibility index (Phi) is 4.56. The highest BCUT2D eigenvalue weighted by molar-refractivity contribution is 7.23. The van der Waals surface area contributed by atoms with Crippen molar-refractivity contribution in [1.29, 1.82) is 0 Å². The maximum Gasteiger partial charge on any atom is 0.0646 e. The molecule has 0 saturated heterocycles. The van der Waals surface area contributed by atoms with Crippen molar-refractivity contribution in [2.24, 2.45) is 0 Å². The molecule has 104 valence electrons. The third-order valence-electron chi connectivity index (χ3n) is 3.23. The standard InChI is InChI=1S/C15H16NOPS2/c17-18-9-3-8-16-12(14-4-1-10-19-14)6-7-13(16)15-5-2-11-20-15/h1-2,4-7,10-11H,3,8-9,18H2. The molecule has 0 aliphatic heterocycles. The van der Waals surface area contributed by atoms with Crippen molar-refractivity contribution in [2.45, 2.75) is 13.0 Å². The van der Waals surface area contributed by atoms with Crippen LogP contribution in [-0.4, -0.2) is 10.7 Å². The summed E-state index contributed by atoms with van der Waals surface area (Å²) in [6, 6.07) is 12.9. The summed E-state index contributed by atoms with van der Waals surface area (Å²) in [6.45, 7) is 0.933. The van der Waals surface area contributed by atoms with Crippen molar-refractivity contribution >= 4 is 31.1 Å². The van der Waals surface area contributed by atoms with Crippen molar-refractivity contribution in [2.75, 3.05) is 6.16 Å². The van der Waals surface area contributed by atoms with Gasteiger partial charge in [-0.05, 0) is 47.6 Å². The van der Waals surface area contributed by atoms with Crippen LogP contribution in [0.1, 0.15) is 6.42 Å². The normalized spacial score (nSPS) is 11.6. The lowest BCUT2D eigenvalue weighted by atomic mass is 10.3. The van der Waals surface area contributed by atoms with Gasteiger partial charge in [-0.15, -0.1) is 22.7 Å². The minimum absolute atomic E-state index is 0.636. The fourth-order valence-corrected chi connectivity index (χ4v) is 4.19. The Hall–Kier alpha value is -1.09. The van der Waals surface area contributed by atoms with Crippen LogP contribution in [0.2, 0.25) is 0 Å². The average Bonchev–Trinajstić information content (AvgIpc) is 3.19. The van der Waals surface area contributed by atoms with E-state index in [-0.39, 0.29) is 0 Å². The zero-order valence-electron chi connectivity index (χ0n) is 11.0. The molecule has 3 aromatic rings. The number of thiophene rings is 2. The molecule has 1 atom stereocenters. The predicted molar refractivity (Wildman–Crippen MR) is 90.9 cm³/mol. The third-order valence-corrected chi connectivity index (χ3v) is 5.66. The van der Waals surface area contributed by atoms with E-state index in [9.17, 15) is 4.57 Å². The number of nitrogens with zero attached hydrogens (tertiary/aromatic N) is 1. The third kappa shape index (κ3) is 2.83. The first-order chi connectivity index (χ1) is 9.90. The van der Waals surface area contributed by atoms with E-state index >= 15 is 0 Å². The smallest absolute Gasteiger partial charge is 0.0646 e. The second-order valence-corrected chi connectivity index (χ2v) is 7.33. The highest BCUT2D eigenvalue weighted by Gasteiger charge is 2.12. The van der Waals surface area contributed by atoms with Gasteiger partial charge in [0.1, 0.15) is 0 Å². The van der Waals surface area contributed by atoms with E-state index in [0.29, 0.717) is 0 Å². The average molecular weight is 321 g/mol. The predicted octanol–water partition coefficient (Wildman–Crippen LogP) is 5.09. The van der Waals surface area contributed by atoms with Crippen LogP contribution in [0.25, 0.3) is 21.1 Å². The van der Waals surface area contributed by atoms with E-state index in [4.69, 9.17) is 0 Å². The molecule has 0 bridgehead atoms. The molecule has 0 spiro atoms. The van der Waals surface area contributed by atoms with Crippen molar-refractivity contribution in [3.8, 4) is 21.1 Å².